The van der Waals surface area contributed by atoms with Gasteiger partial charge in [0.05, 0.1) is 10.5 Å². The summed E-state index contributed by atoms with van der Waals surface area (Å²) in [6.07, 6.45) is -3.60. The maximum Gasteiger partial charge on any atom is 0.573 e. The number of ether oxygens (including phenoxy) is 2. The van der Waals surface area contributed by atoms with Crippen molar-refractivity contribution in [2.24, 2.45) is 0 Å². The van der Waals surface area contributed by atoms with Crippen LogP contribution in [-0.2, 0) is 10.0 Å². The lowest BCUT2D eigenvalue weighted by Crippen LogP contribution is -2.16. The molecule has 0 saturated heterocycles. The number of benzene rings is 3. The Balaban J connectivity index is 1.61. The molecule has 0 aliphatic heterocycles. The normalized spacial score (nSPS) is 11.5. The van der Waals surface area contributed by atoms with E-state index in [9.17, 15) is 26.9 Å². The molecule has 0 amide bonds. The molecule has 1 aromatic heterocycles. The highest BCUT2D eigenvalue weighted by Crippen LogP contribution is 2.36. The number of nitriles is 1. The van der Waals surface area contributed by atoms with E-state index in [0.29, 0.717) is 16.9 Å². The van der Waals surface area contributed by atoms with Crippen LogP contribution in [0.1, 0.15) is 5.56 Å². The molecule has 0 radical (unpaired) electrons. The number of para-hydroxylation sites is 1. The quantitative estimate of drug-likeness (QED) is 0.340. The number of rotatable bonds is 7. The van der Waals surface area contributed by atoms with Crippen molar-refractivity contribution in [3.05, 3.63) is 78.6 Å². The molecular formula is C22H13F3N4O4S2. The fourth-order valence-electron chi connectivity index (χ4n) is 2.99. The van der Waals surface area contributed by atoms with Crippen LogP contribution in [0, 0.1) is 11.3 Å². The van der Waals surface area contributed by atoms with Gasteiger partial charge in [0.1, 0.15) is 29.6 Å². The van der Waals surface area contributed by atoms with E-state index in [4.69, 9.17) is 4.74 Å². The van der Waals surface area contributed by atoms with Gasteiger partial charge in [-0.05, 0) is 42.0 Å². The van der Waals surface area contributed by atoms with Gasteiger partial charge in [0.2, 0.25) is 5.13 Å². The molecule has 1 heterocycles. The van der Waals surface area contributed by atoms with Crippen LogP contribution in [0.5, 0.6) is 17.2 Å². The number of aromatic nitrogens is 2. The van der Waals surface area contributed by atoms with Gasteiger partial charge < -0.3 is 9.47 Å². The van der Waals surface area contributed by atoms with Crippen molar-refractivity contribution in [3.63, 3.8) is 0 Å². The second-order valence-electron chi connectivity index (χ2n) is 6.79. The largest absolute Gasteiger partial charge is 0.573 e. The number of nitrogens with zero attached hydrogens (tertiary/aromatic N) is 3. The Morgan fingerprint density at radius 1 is 1.00 bits per heavy atom. The molecule has 35 heavy (non-hydrogen) atoms. The van der Waals surface area contributed by atoms with Crippen molar-refractivity contribution >= 4 is 26.7 Å². The Morgan fingerprint density at radius 3 is 2.40 bits per heavy atom. The third-order valence-electron chi connectivity index (χ3n) is 4.47. The van der Waals surface area contributed by atoms with E-state index in [1.807, 2.05) is 6.07 Å². The zero-order valence-corrected chi connectivity index (χ0v) is 19.0. The molecule has 0 unspecified atom stereocenters. The van der Waals surface area contributed by atoms with Crippen LogP contribution in [0.15, 0.2) is 78.0 Å². The van der Waals surface area contributed by atoms with Gasteiger partial charge in [-0.25, -0.2) is 13.4 Å². The number of halogens is 3. The Labute approximate surface area is 201 Å². The minimum Gasteiger partial charge on any atom is -0.455 e. The molecule has 0 fully saturated rings. The first-order chi connectivity index (χ1) is 16.6. The molecule has 0 atom stereocenters. The molecule has 1 N–H and O–H groups in total. The molecule has 0 saturated carbocycles. The van der Waals surface area contributed by atoms with Crippen molar-refractivity contribution in [1.29, 1.82) is 5.26 Å². The molecule has 0 spiro atoms. The minimum atomic E-state index is -4.80. The first-order valence-corrected chi connectivity index (χ1v) is 11.9. The number of hydrogen-bond donors (Lipinski definition) is 1. The summed E-state index contributed by atoms with van der Waals surface area (Å²) in [7, 11) is -4.01. The molecule has 8 nitrogen and oxygen atoms in total. The molecule has 0 aliphatic carbocycles. The monoisotopic (exact) mass is 518 g/mol. The lowest BCUT2D eigenvalue weighted by Gasteiger charge is -2.14. The summed E-state index contributed by atoms with van der Waals surface area (Å²) in [4.78, 5) is 3.59. The van der Waals surface area contributed by atoms with Crippen molar-refractivity contribution < 1.29 is 31.1 Å². The predicted octanol–water partition coefficient (Wildman–Crippen LogP) is 5.57. The summed E-state index contributed by atoms with van der Waals surface area (Å²) < 4.78 is 78.2. The minimum absolute atomic E-state index is 0.0473. The zero-order chi connectivity index (χ0) is 25.1. The maximum absolute atomic E-state index is 12.6. The standard InChI is InChI=1S/C22H13F3N4O4S2/c23-22(24,25)33-16-7-5-14(6-8-16)18-3-1-2-4-20(18)32-19-10-9-17(11-15(19)12-26)35(30,31)29-21-27-13-28-34-21/h1-11,13H,(H,27,28,29). The molecule has 0 aliphatic rings. The van der Waals surface area contributed by atoms with E-state index in [2.05, 4.69) is 18.8 Å². The Bertz CT molecular complexity index is 1480. The summed E-state index contributed by atoms with van der Waals surface area (Å²) >= 11 is 0.858. The zero-order valence-electron chi connectivity index (χ0n) is 17.4. The summed E-state index contributed by atoms with van der Waals surface area (Å²) in [6, 6.07) is 17.6. The third-order valence-corrected chi connectivity index (χ3v) is 6.52. The molecule has 3 aromatic carbocycles. The lowest BCUT2D eigenvalue weighted by molar-refractivity contribution is -0.274. The third kappa shape index (κ3) is 5.86. The molecule has 0 bridgehead atoms. The second kappa shape index (κ2) is 9.61. The van der Waals surface area contributed by atoms with Gasteiger partial charge in [-0.2, -0.15) is 9.64 Å². The first-order valence-electron chi connectivity index (χ1n) is 9.61. The topological polar surface area (TPSA) is 114 Å². The van der Waals surface area contributed by atoms with Gasteiger partial charge in [-0.1, -0.05) is 30.3 Å². The molecule has 4 rings (SSSR count). The number of sulfonamides is 1. The smallest absolute Gasteiger partial charge is 0.455 e. The average Bonchev–Trinajstić information content (AvgIpc) is 3.31. The van der Waals surface area contributed by atoms with E-state index in [1.54, 1.807) is 24.3 Å². The van der Waals surface area contributed by atoms with Gasteiger partial charge in [0.25, 0.3) is 10.0 Å². The Hall–Kier alpha value is -4.15. The first kappa shape index (κ1) is 24.0. The molecule has 4 aromatic rings. The number of nitrogens with one attached hydrogen (secondary N) is 1. The summed E-state index contributed by atoms with van der Waals surface area (Å²) in [5.74, 6) is 0.0216. The maximum atomic E-state index is 12.6. The van der Waals surface area contributed by atoms with Crippen LogP contribution in [0.25, 0.3) is 11.1 Å². The van der Waals surface area contributed by atoms with E-state index in [1.165, 1.54) is 42.7 Å². The highest BCUT2D eigenvalue weighted by molar-refractivity contribution is 7.93. The Kier molecular flexibility index (Phi) is 6.59. The van der Waals surface area contributed by atoms with Gasteiger partial charge >= 0.3 is 6.36 Å². The average molecular weight is 518 g/mol. The number of anilines is 1. The van der Waals surface area contributed by atoms with Crippen molar-refractivity contribution in [1.82, 2.24) is 9.36 Å². The highest BCUT2D eigenvalue weighted by atomic mass is 32.2. The van der Waals surface area contributed by atoms with Crippen molar-refractivity contribution in [2.45, 2.75) is 11.3 Å². The van der Waals surface area contributed by atoms with Crippen molar-refractivity contribution in [2.75, 3.05) is 4.72 Å². The van der Waals surface area contributed by atoms with E-state index in [-0.39, 0.29) is 27.1 Å². The van der Waals surface area contributed by atoms with Gasteiger partial charge in [0, 0.05) is 17.1 Å². The van der Waals surface area contributed by atoms with Crippen LogP contribution >= 0.6 is 11.5 Å². The van der Waals surface area contributed by atoms with E-state index in [0.717, 1.165) is 17.6 Å². The summed E-state index contributed by atoms with van der Waals surface area (Å²) in [5.41, 5.74) is 1.02. The van der Waals surface area contributed by atoms with Crippen LogP contribution in [0.2, 0.25) is 0 Å². The molecule has 178 valence electrons. The van der Waals surface area contributed by atoms with Gasteiger partial charge in [-0.15, -0.1) is 13.2 Å². The fourth-order valence-corrected chi connectivity index (χ4v) is 4.68. The van der Waals surface area contributed by atoms with Crippen LogP contribution < -0.4 is 14.2 Å². The summed E-state index contributed by atoms with van der Waals surface area (Å²) in [5, 5.41) is 9.66. The fraction of sp³-hybridized carbons (Fsp3) is 0.0455. The Morgan fingerprint density at radius 2 is 1.74 bits per heavy atom. The van der Waals surface area contributed by atoms with E-state index < -0.39 is 16.4 Å². The second-order valence-corrected chi connectivity index (χ2v) is 9.25. The number of hydrogen-bond acceptors (Lipinski definition) is 8. The molecular weight excluding hydrogens is 505 g/mol. The van der Waals surface area contributed by atoms with E-state index >= 15 is 0 Å². The molecule has 13 heteroatoms. The van der Waals surface area contributed by atoms with Crippen molar-refractivity contribution in [3.8, 4) is 34.4 Å². The van der Waals surface area contributed by atoms with Gasteiger partial charge in [-0.3, -0.25) is 4.72 Å². The summed E-state index contributed by atoms with van der Waals surface area (Å²) in [6.45, 7) is 0. The lowest BCUT2D eigenvalue weighted by atomic mass is 10.0. The van der Waals surface area contributed by atoms with Crippen LogP contribution in [-0.4, -0.2) is 24.1 Å². The predicted molar refractivity (Wildman–Crippen MR) is 121 cm³/mol. The number of alkyl halides is 3. The highest BCUT2D eigenvalue weighted by Gasteiger charge is 2.31. The van der Waals surface area contributed by atoms with Crippen LogP contribution in [0.4, 0.5) is 18.3 Å². The van der Waals surface area contributed by atoms with Gasteiger partial charge in [0.15, 0.2) is 0 Å². The van der Waals surface area contributed by atoms with Crippen LogP contribution in [0.3, 0.4) is 0 Å². The SMILES string of the molecule is N#Cc1cc(S(=O)(=O)Nc2ncns2)ccc1Oc1ccccc1-c1ccc(OC(F)(F)F)cc1.